The van der Waals surface area contributed by atoms with Gasteiger partial charge in [0.25, 0.3) is 0 Å². The van der Waals surface area contributed by atoms with Crippen LogP contribution in [0.1, 0.15) is 13.3 Å². The number of hydrogen-bond donors (Lipinski definition) is 1. The Bertz CT molecular complexity index is 126. The van der Waals surface area contributed by atoms with Crippen molar-refractivity contribution in [3.05, 3.63) is 0 Å². The summed E-state index contributed by atoms with van der Waals surface area (Å²) in [7, 11) is 0. The first-order valence-corrected chi connectivity index (χ1v) is 3.71. The molecule has 1 amide bonds. The average molecular weight is 145 g/mol. The monoisotopic (exact) mass is 145 g/mol. The summed E-state index contributed by atoms with van der Waals surface area (Å²) in [6.45, 7) is 3.65. The molecular weight excluding hydrogens is 134 g/mol. The van der Waals surface area contributed by atoms with Crippen molar-refractivity contribution in [3.8, 4) is 0 Å². The van der Waals surface area contributed by atoms with Crippen molar-refractivity contribution in [3.63, 3.8) is 0 Å². The van der Waals surface area contributed by atoms with Crippen LogP contribution in [-0.2, 0) is 4.79 Å². The maximum Gasteiger partial charge on any atom is 0.223 e. The average Bonchev–Trinajstić information content (AvgIpc) is 2.10. The lowest BCUT2D eigenvalue weighted by Crippen LogP contribution is -2.24. The summed E-state index contributed by atoms with van der Waals surface area (Å²) in [6.07, 6.45) is 0.622. The Balaban J connectivity index is 2.48. The molecule has 1 rings (SSSR count). The topological polar surface area (TPSA) is 20.3 Å². The highest BCUT2D eigenvalue weighted by molar-refractivity contribution is 7.81. The number of likely N-dealkylation sites (tertiary alicyclic amines) is 1. The van der Waals surface area contributed by atoms with E-state index in [1.165, 1.54) is 0 Å². The van der Waals surface area contributed by atoms with Crippen LogP contribution in [0.5, 0.6) is 0 Å². The summed E-state index contributed by atoms with van der Waals surface area (Å²) >= 11 is 4.20. The van der Waals surface area contributed by atoms with Gasteiger partial charge in [0.15, 0.2) is 0 Å². The van der Waals surface area contributed by atoms with Gasteiger partial charge in [0.1, 0.15) is 0 Å². The Hall–Kier alpha value is -0.180. The second-order valence-electron chi connectivity index (χ2n) is 2.29. The lowest BCUT2D eigenvalue weighted by atomic mass is 10.4. The van der Waals surface area contributed by atoms with E-state index in [1.54, 1.807) is 0 Å². The van der Waals surface area contributed by atoms with Gasteiger partial charge >= 0.3 is 0 Å². The predicted octanol–water partition coefficient (Wildman–Crippen LogP) is 0.537. The highest BCUT2D eigenvalue weighted by atomic mass is 32.1. The highest BCUT2D eigenvalue weighted by Gasteiger charge is 2.24. The van der Waals surface area contributed by atoms with Gasteiger partial charge in [0, 0.05) is 24.8 Å². The number of carbonyl (C=O) groups excluding carboxylic acids is 1. The molecule has 0 radical (unpaired) electrons. The van der Waals surface area contributed by atoms with Crippen molar-refractivity contribution in [2.24, 2.45) is 0 Å². The first-order valence-electron chi connectivity index (χ1n) is 3.20. The molecule has 0 aliphatic carbocycles. The Morgan fingerprint density at radius 3 is 2.78 bits per heavy atom. The van der Waals surface area contributed by atoms with E-state index >= 15 is 0 Å². The predicted molar refractivity (Wildman–Crippen MR) is 39.6 cm³/mol. The van der Waals surface area contributed by atoms with Crippen LogP contribution in [0.4, 0.5) is 0 Å². The summed E-state index contributed by atoms with van der Waals surface area (Å²) in [5.41, 5.74) is 0. The number of rotatable bonds is 1. The van der Waals surface area contributed by atoms with E-state index in [4.69, 9.17) is 0 Å². The van der Waals surface area contributed by atoms with Crippen LogP contribution in [0.3, 0.4) is 0 Å². The molecule has 1 saturated heterocycles. The molecule has 1 aliphatic heterocycles. The van der Waals surface area contributed by atoms with E-state index in [0.29, 0.717) is 6.42 Å². The van der Waals surface area contributed by atoms with Crippen molar-refractivity contribution in [1.29, 1.82) is 0 Å². The smallest absolute Gasteiger partial charge is 0.223 e. The molecule has 2 nitrogen and oxygen atoms in total. The molecule has 0 spiro atoms. The fourth-order valence-electron chi connectivity index (χ4n) is 1.06. The molecule has 1 aliphatic rings. The molecule has 0 saturated carbocycles. The molecule has 3 heteroatoms. The van der Waals surface area contributed by atoms with Gasteiger partial charge in [-0.05, 0) is 6.92 Å². The Morgan fingerprint density at radius 2 is 2.56 bits per heavy atom. The minimum Gasteiger partial charge on any atom is -0.342 e. The molecular formula is C6H11NOS. The van der Waals surface area contributed by atoms with Gasteiger partial charge in [0.05, 0.1) is 0 Å². The molecule has 1 heterocycles. The number of amides is 1. The summed E-state index contributed by atoms with van der Waals surface area (Å²) in [6, 6.07) is 0. The van der Waals surface area contributed by atoms with E-state index < -0.39 is 0 Å². The molecule has 1 fully saturated rings. The molecule has 0 aromatic carbocycles. The number of hydrogen-bond acceptors (Lipinski definition) is 2. The maximum atomic E-state index is 10.9. The first-order chi connectivity index (χ1) is 4.24. The zero-order chi connectivity index (χ0) is 6.85. The van der Waals surface area contributed by atoms with Crippen molar-refractivity contribution < 1.29 is 4.79 Å². The first kappa shape index (κ1) is 6.93. The van der Waals surface area contributed by atoms with E-state index in [-0.39, 0.29) is 11.2 Å². The van der Waals surface area contributed by atoms with E-state index in [0.717, 1.165) is 13.1 Å². The zero-order valence-corrected chi connectivity index (χ0v) is 6.40. The number of carbonyl (C=O) groups is 1. The van der Waals surface area contributed by atoms with Crippen LogP contribution in [0.25, 0.3) is 0 Å². The van der Waals surface area contributed by atoms with Crippen molar-refractivity contribution in [2.45, 2.75) is 18.6 Å². The lowest BCUT2D eigenvalue weighted by molar-refractivity contribution is -0.127. The summed E-state index contributed by atoms with van der Waals surface area (Å²) < 4.78 is 0. The molecule has 0 aromatic heterocycles. The van der Waals surface area contributed by atoms with Crippen LogP contribution < -0.4 is 0 Å². The lowest BCUT2D eigenvalue weighted by Gasteiger charge is -2.10. The third kappa shape index (κ3) is 1.39. The summed E-state index contributed by atoms with van der Waals surface area (Å²) in [5.74, 6) is 0.248. The zero-order valence-electron chi connectivity index (χ0n) is 5.50. The molecule has 9 heavy (non-hydrogen) atoms. The van der Waals surface area contributed by atoms with E-state index in [2.05, 4.69) is 12.6 Å². The van der Waals surface area contributed by atoms with E-state index in [1.807, 2.05) is 11.8 Å². The fourth-order valence-corrected chi connectivity index (χ4v) is 1.41. The molecule has 0 aromatic rings. The van der Waals surface area contributed by atoms with Crippen LogP contribution >= 0.6 is 12.6 Å². The standard InChI is InChI=1S/C6H11NOS/c1-2-7-4-5(9)3-6(7)8/h5,9H,2-4H2,1H3. The fraction of sp³-hybridized carbons (Fsp3) is 0.833. The normalized spacial score (nSPS) is 27.6. The SMILES string of the molecule is CCN1CC(S)CC1=O. The number of nitrogens with zero attached hydrogens (tertiary/aromatic N) is 1. The van der Waals surface area contributed by atoms with Crippen molar-refractivity contribution in [1.82, 2.24) is 4.90 Å². The summed E-state index contributed by atoms with van der Waals surface area (Å²) in [5, 5.41) is 0.275. The van der Waals surface area contributed by atoms with Gasteiger partial charge in [0.2, 0.25) is 5.91 Å². The second kappa shape index (κ2) is 2.60. The van der Waals surface area contributed by atoms with Crippen molar-refractivity contribution >= 4 is 18.5 Å². The van der Waals surface area contributed by atoms with Gasteiger partial charge in [-0.15, -0.1) is 0 Å². The van der Waals surface area contributed by atoms with Gasteiger partial charge in [-0.1, -0.05) is 0 Å². The molecule has 1 unspecified atom stereocenters. The quantitative estimate of drug-likeness (QED) is 0.534. The Labute approximate surface area is 60.6 Å². The van der Waals surface area contributed by atoms with Gasteiger partial charge in [-0.25, -0.2) is 0 Å². The minimum absolute atomic E-state index is 0.248. The number of thiol groups is 1. The molecule has 0 N–H and O–H groups in total. The molecule has 52 valence electrons. The maximum absolute atomic E-state index is 10.9. The van der Waals surface area contributed by atoms with Crippen LogP contribution in [-0.4, -0.2) is 29.1 Å². The second-order valence-corrected chi connectivity index (χ2v) is 3.02. The van der Waals surface area contributed by atoms with Gasteiger partial charge in [-0.3, -0.25) is 4.79 Å². The Kier molecular flexibility index (Phi) is 2.01. The molecule has 0 bridgehead atoms. The third-order valence-corrected chi connectivity index (χ3v) is 1.92. The van der Waals surface area contributed by atoms with Crippen LogP contribution in [0, 0.1) is 0 Å². The highest BCUT2D eigenvalue weighted by Crippen LogP contribution is 2.14. The van der Waals surface area contributed by atoms with Crippen LogP contribution in [0.15, 0.2) is 0 Å². The minimum atomic E-state index is 0.248. The van der Waals surface area contributed by atoms with E-state index in [9.17, 15) is 4.79 Å². The van der Waals surface area contributed by atoms with Crippen molar-refractivity contribution in [2.75, 3.05) is 13.1 Å². The van der Waals surface area contributed by atoms with Gasteiger partial charge in [-0.2, -0.15) is 12.6 Å². The molecule has 1 atom stereocenters. The van der Waals surface area contributed by atoms with Gasteiger partial charge < -0.3 is 4.90 Å². The Morgan fingerprint density at radius 1 is 1.89 bits per heavy atom. The van der Waals surface area contributed by atoms with Crippen LogP contribution in [0.2, 0.25) is 0 Å². The largest absolute Gasteiger partial charge is 0.342 e. The summed E-state index contributed by atoms with van der Waals surface area (Å²) in [4.78, 5) is 12.7. The third-order valence-electron chi connectivity index (χ3n) is 1.58.